The van der Waals surface area contributed by atoms with E-state index < -0.39 is 6.10 Å². The molecule has 6 heteroatoms. The zero-order valence-corrected chi connectivity index (χ0v) is 41.4. The van der Waals surface area contributed by atoms with Gasteiger partial charge in [-0.15, -0.1) is 0 Å². The predicted molar refractivity (Wildman–Crippen MR) is 266 cm³/mol. The summed E-state index contributed by atoms with van der Waals surface area (Å²) < 4.78 is 16.8. The average Bonchev–Trinajstić information content (AvgIpc) is 3.27. The third-order valence-electron chi connectivity index (χ3n) is 11.9. The van der Waals surface area contributed by atoms with Crippen LogP contribution < -0.4 is 0 Å². The molecule has 0 amide bonds. The summed E-state index contributed by atoms with van der Waals surface area (Å²) in [5, 5.41) is 0. The minimum absolute atomic E-state index is 0.0762. The largest absolute Gasteiger partial charge is 0.462 e. The van der Waals surface area contributed by atoms with Gasteiger partial charge >= 0.3 is 17.9 Å². The summed E-state index contributed by atoms with van der Waals surface area (Å²) in [5.74, 6) is -0.883. The first-order valence-corrected chi connectivity index (χ1v) is 27.0. The molecule has 0 saturated carbocycles. The Morgan fingerprint density at radius 1 is 0.323 bits per heavy atom. The molecule has 1 unspecified atom stereocenters. The molecule has 0 aliphatic heterocycles. The van der Waals surface area contributed by atoms with Gasteiger partial charge in [-0.2, -0.15) is 0 Å². The van der Waals surface area contributed by atoms with E-state index in [2.05, 4.69) is 57.2 Å². The lowest BCUT2D eigenvalue weighted by atomic mass is 10.0. The molecule has 0 aliphatic rings. The second kappa shape index (κ2) is 51.3. The first-order valence-electron chi connectivity index (χ1n) is 27.0. The molecular formula is C56H102O6. The van der Waals surface area contributed by atoms with E-state index in [1.807, 2.05) is 0 Å². The molecule has 62 heavy (non-hydrogen) atoms. The van der Waals surface area contributed by atoms with E-state index in [9.17, 15) is 14.4 Å². The Bertz CT molecular complexity index is 1050. The van der Waals surface area contributed by atoms with Crippen LogP contribution in [0.15, 0.2) is 36.5 Å². The number of allylic oxidation sites excluding steroid dienone is 6. The van der Waals surface area contributed by atoms with Crippen LogP contribution >= 0.6 is 0 Å². The summed E-state index contributed by atoms with van der Waals surface area (Å²) in [7, 11) is 0. The Morgan fingerprint density at radius 2 is 0.581 bits per heavy atom. The van der Waals surface area contributed by atoms with E-state index in [1.165, 1.54) is 161 Å². The molecule has 0 fully saturated rings. The van der Waals surface area contributed by atoms with Gasteiger partial charge in [0.1, 0.15) is 13.2 Å². The van der Waals surface area contributed by atoms with Gasteiger partial charge in [0.05, 0.1) is 0 Å². The van der Waals surface area contributed by atoms with Crippen LogP contribution in [0.1, 0.15) is 284 Å². The lowest BCUT2D eigenvalue weighted by molar-refractivity contribution is -0.167. The van der Waals surface area contributed by atoms with Gasteiger partial charge < -0.3 is 14.2 Å². The summed E-state index contributed by atoms with van der Waals surface area (Å²) in [4.78, 5) is 38.0. The van der Waals surface area contributed by atoms with Gasteiger partial charge in [-0.1, -0.05) is 224 Å². The van der Waals surface area contributed by atoms with Crippen LogP contribution in [0.3, 0.4) is 0 Å². The Labute approximate surface area is 385 Å². The van der Waals surface area contributed by atoms with Crippen LogP contribution in [0.2, 0.25) is 0 Å². The summed E-state index contributed by atoms with van der Waals surface area (Å²) >= 11 is 0. The number of hydrogen-bond donors (Lipinski definition) is 0. The first kappa shape index (κ1) is 59.6. The second-order valence-corrected chi connectivity index (χ2v) is 18.1. The van der Waals surface area contributed by atoms with Gasteiger partial charge in [0.15, 0.2) is 6.10 Å². The van der Waals surface area contributed by atoms with Gasteiger partial charge in [0.2, 0.25) is 0 Å². The molecule has 0 rings (SSSR count). The van der Waals surface area contributed by atoms with Crippen molar-refractivity contribution >= 4 is 17.9 Å². The van der Waals surface area contributed by atoms with Crippen molar-refractivity contribution < 1.29 is 28.6 Å². The molecule has 0 saturated heterocycles. The quantitative estimate of drug-likeness (QED) is 0.0262. The molecule has 362 valence electrons. The molecule has 0 bridgehead atoms. The van der Waals surface area contributed by atoms with Crippen LogP contribution in [0, 0.1) is 0 Å². The number of carbonyl (C=O) groups excluding carboxylic acids is 3. The van der Waals surface area contributed by atoms with Crippen molar-refractivity contribution in [1.82, 2.24) is 0 Å². The van der Waals surface area contributed by atoms with E-state index in [0.717, 1.165) is 83.5 Å². The first-order chi connectivity index (χ1) is 30.5. The molecule has 0 aliphatic carbocycles. The highest BCUT2D eigenvalue weighted by atomic mass is 16.6. The number of unbranched alkanes of at least 4 members (excludes halogenated alkanes) is 32. The third kappa shape index (κ3) is 48.7. The molecule has 0 heterocycles. The molecule has 0 N–H and O–H groups in total. The van der Waals surface area contributed by atoms with Gasteiger partial charge in [-0.3, -0.25) is 14.4 Å². The minimum Gasteiger partial charge on any atom is -0.462 e. The number of carbonyl (C=O) groups is 3. The van der Waals surface area contributed by atoms with Crippen LogP contribution in [0.4, 0.5) is 0 Å². The molecule has 0 aromatic carbocycles. The summed E-state index contributed by atoms with van der Waals surface area (Å²) in [6.07, 6.45) is 59.8. The van der Waals surface area contributed by atoms with Crippen molar-refractivity contribution in [2.24, 2.45) is 0 Å². The molecule has 0 radical (unpaired) electrons. The lowest BCUT2D eigenvalue weighted by Gasteiger charge is -2.18. The fourth-order valence-electron chi connectivity index (χ4n) is 7.76. The van der Waals surface area contributed by atoms with Gasteiger partial charge in [0, 0.05) is 19.3 Å². The van der Waals surface area contributed by atoms with Crippen LogP contribution in [-0.4, -0.2) is 37.2 Å². The van der Waals surface area contributed by atoms with Crippen LogP contribution in [0.25, 0.3) is 0 Å². The molecule has 0 aromatic heterocycles. The van der Waals surface area contributed by atoms with Crippen molar-refractivity contribution in [1.29, 1.82) is 0 Å². The average molecular weight is 871 g/mol. The zero-order valence-electron chi connectivity index (χ0n) is 41.4. The monoisotopic (exact) mass is 871 g/mol. The molecular weight excluding hydrogens is 769 g/mol. The Hall–Kier alpha value is -2.37. The molecule has 1 atom stereocenters. The molecule has 0 spiro atoms. The SMILES string of the molecule is CCCCC/C=C\C/C=C\CCCCCCCC(=O)OC(COC(=O)CCCCCCCCC/C=C\CCCCCCCC)COC(=O)CCCCCCCCCCCCCC. The number of esters is 3. The van der Waals surface area contributed by atoms with Crippen molar-refractivity contribution in [3.05, 3.63) is 36.5 Å². The number of rotatable bonds is 49. The van der Waals surface area contributed by atoms with Gasteiger partial charge in [-0.05, 0) is 77.0 Å². The highest BCUT2D eigenvalue weighted by molar-refractivity contribution is 5.71. The van der Waals surface area contributed by atoms with E-state index in [1.54, 1.807) is 0 Å². The maximum atomic E-state index is 12.8. The summed E-state index contributed by atoms with van der Waals surface area (Å²) in [6, 6.07) is 0. The highest BCUT2D eigenvalue weighted by Gasteiger charge is 2.19. The standard InChI is InChI=1S/C56H102O6/c1-4-7-10-13-16-19-22-25-27-28-30-31-34-37-40-43-46-49-55(58)61-52-53(51-60-54(57)48-45-42-39-36-33-24-21-18-15-12-9-6-3)62-56(59)50-47-44-41-38-35-32-29-26-23-20-17-14-11-8-5-2/h17,20,25-27,29,53H,4-16,18-19,21-24,28,30-52H2,1-3H3/b20-17-,27-25-,29-26-. The third-order valence-corrected chi connectivity index (χ3v) is 11.9. The fourth-order valence-corrected chi connectivity index (χ4v) is 7.76. The van der Waals surface area contributed by atoms with E-state index >= 15 is 0 Å². The minimum atomic E-state index is -0.777. The normalized spacial score (nSPS) is 12.2. The maximum Gasteiger partial charge on any atom is 0.306 e. The van der Waals surface area contributed by atoms with Gasteiger partial charge in [-0.25, -0.2) is 0 Å². The Morgan fingerprint density at radius 3 is 0.935 bits per heavy atom. The van der Waals surface area contributed by atoms with Crippen molar-refractivity contribution in [2.45, 2.75) is 290 Å². The van der Waals surface area contributed by atoms with Crippen LogP contribution in [-0.2, 0) is 28.6 Å². The fraction of sp³-hybridized carbons (Fsp3) is 0.839. The maximum absolute atomic E-state index is 12.8. The van der Waals surface area contributed by atoms with Crippen molar-refractivity contribution in [3.63, 3.8) is 0 Å². The predicted octanol–water partition coefficient (Wildman–Crippen LogP) is 17.7. The van der Waals surface area contributed by atoms with Crippen molar-refractivity contribution in [3.8, 4) is 0 Å². The zero-order chi connectivity index (χ0) is 45.1. The summed E-state index contributed by atoms with van der Waals surface area (Å²) in [5.41, 5.74) is 0. The number of ether oxygens (including phenoxy) is 3. The lowest BCUT2D eigenvalue weighted by Crippen LogP contribution is -2.30. The van der Waals surface area contributed by atoms with E-state index in [0.29, 0.717) is 19.3 Å². The van der Waals surface area contributed by atoms with E-state index in [-0.39, 0.29) is 31.1 Å². The van der Waals surface area contributed by atoms with Crippen molar-refractivity contribution in [2.75, 3.05) is 13.2 Å². The highest BCUT2D eigenvalue weighted by Crippen LogP contribution is 2.15. The summed E-state index contributed by atoms with van der Waals surface area (Å²) in [6.45, 7) is 6.61. The van der Waals surface area contributed by atoms with E-state index in [4.69, 9.17) is 14.2 Å². The topological polar surface area (TPSA) is 78.9 Å². The molecule has 6 nitrogen and oxygen atoms in total. The smallest absolute Gasteiger partial charge is 0.306 e. The Balaban J connectivity index is 4.36. The molecule has 0 aromatic rings. The van der Waals surface area contributed by atoms with Gasteiger partial charge in [0.25, 0.3) is 0 Å². The Kier molecular flexibility index (Phi) is 49.3. The number of hydrogen-bond acceptors (Lipinski definition) is 6. The van der Waals surface area contributed by atoms with Crippen LogP contribution in [0.5, 0.6) is 0 Å². The second-order valence-electron chi connectivity index (χ2n) is 18.1.